The van der Waals surface area contributed by atoms with Crippen LogP contribution in [-0.4, -0.2) is 33.8 Å². The van der Waals surface area contributed by atoms with Crippen LogP contribution >= 0.6 is 11.8 Å². The summed E-state index contributed by atoms with van der Waals surface area (Å²) in [6.45, 7) is 3.21. The Morgan fingerprint density at radius 2 is 2.29 bits per heavy atom. The van der Waals surface area contributed by atoms with Gasteiger partial charge < -0.3 is 10.4 Å². The predicted octanol–water partition coefficient (Wildman–Crippen LogP) is 1.07. The lowest BCUT2D eigenvalue weighted by molar-refractivity contribution is -0.140. The first-order chi connectivity index (χ1) is 8.00. The third-order valence-corrected chi connectivity index (χ3v) is 3.32. The van der Waals surface area contributed by atoms with E-state index in [0.717, 1.165) is 10.5 Å². The van der Waals surface area contributed by atoms with Gasteiger partial charge in [0.2, 0.25) is 5.91 Å². The smallest absolute Gasteiger partial charge is 0.327 e. The fourth-order valence-electron chi connectivity index (χ4n) is 1.22. The molecule has 5 nitrogen and oxygen atoms in total. The summed E-state index contributed by atoms with van der Waals surface area (Å²) in [6, 6.07) is 0.956. The third-order valence-electron chi connectivity index (χ3n) is 2.05. The number of pyridine rings is 1. The van der Waals surface area contributed by atoms with Crippen molar-refractivity contribution in [2.24, 2.45) is 0 Å². The van der Waals surface area contributed by atoms with Crippen LogP contribution in [0.25, 0.3) is 0 Å². The van der Waals surface area contributed by atoms with Gasteiger partial charge in [0.15, 0.2) is 0 Å². The zero-order chi connectivity index (χ0) is 12.8. The zero-order valence-corrected chi connectivity index (χ0v) is 10.5. The van der Waals surface area contributed by atoms with Crippen LogP contribution in [0.1, 0.15) is 12.5 Å². The maximum atomic E-state index is 10.9. The van der Waals surface area contributed by atoms with E-state index in [0.29, 0.717) is 5.75 Å². The maximum absolute atomic E-state index is 10.9. The summed E-state index contributed by atoms with van der Waals surface area (Å²) in [7, 11) is 0. The molecule has 1 aromatic rings. The summed E-state index contributed by atoms with van der Waals surface area (Å²) in [4.78, 5) is 26.7. The summed E-state index contributed by atoms with van der Waals surface area (Å²) in [6.07, 6.45) is 3.38. The molecule has 1 rings (SSSR count). The van der Waals surface area contributed by atoms with Crippen molar-refractivity contribution in [3.05, 3.63) is 24.0 Å². The molecule has 0 fully saturated rings. The van der Waals surface area contributed by atoms with Crippen molar-refractivity contribution in [2.75, 3.05) is 5.75 Å². The fraction of sp³-hybridized carbons (Fsp3) is 0.364. The Morgan fingerprint density at radius 3 is 2.82 bits per heavy atom. The van der Waals surface area contributed by atoms with E-state index in [-0.39, 0.29) is 5.91 Å². The Morgan fingerprint density at radius 1 is 1.59 bits per heavy atom. The highest BCUT2D eigenvalue weighted by atomic mass is 32.2. The minimum atomic E-state index is -1.03. The highest BCUT2D eigenvalue weighted by molar-refractivity contribution is 7.99. The van der Waals surface area contributed by atoms with Crippen molar-refractivity contribution < 1.29 is 14.7 Å². The molecule has 0 saturated carbocycles. The molecule has 1 amide bonds. The first-order valence-corrected chi connectivity index (χ1v) is 6.02. The van der Waals surface area contributed by atoms with Crippen LogP contribution in [0.2, 0.25) is 0 Å². The second-order valence-corrected chi connectivity index (χ2v) is 4.61. The molecule has 0 spiro atoms. The van der Waals surface area contributed by atoms with Crippen molar-refractivity contribution in [3.8, 4) is 0 Å². The Labute approximate surface area is 104 Å². The normalized spacial score (nSPS) is 11.9. The molecule has 0 aromatic carbocycles. The second kappa shape index (κ2) is 6.24. The molecule has 0 saturated heterocycles. The number of carboxylic acids is 1. The number of nitrogens with one attached hydrogen (secondary N) is 1. The molecule has 1 unspecified atom stereocenters. The number of aryl methyl sites for hydroxylation is 1. The molecule has 0 aliphatic rings. The second-order valence-electron chi connectivity index (χ2n) is 3.54. The molecule has 17 heavy (non-hydrogen) atoms. The fourth-order valence-corrected chi connectivity index (χ4v) is 2.23. The van der Waals surface area contributed by atoms with Gasteiger partial charge in [-0.15, -0.1) is 11.8 Å². The van der Waals surface area contributed by atoms with Crippen LogP contribution in [0, 0.1) is 6.92 Å². The van der Waals surface area contributed by atoms with Gasteiger partial charge in [-0.05, 0) is 18.6 Å². The molecule has 0 aliphatic carbocycles. The molecule has 0 radical (unpaired) electrons. The zero-order valence-electron chi connectivity index (χ0n) is 9.64. The van der Waals surface area contributed by atoms with Gasteiger partial charge in [0.05, 0.1) is 0 Å². The lowest BCUT2D eigenvalue weighted by atomic mass is 10.3. The van der Waals surface area contributed by atoms with Crippen LogP contribution in [0.4, 0.5) is 0 Å². The number of amides is 1. The number of rotatable bonds is 5. The van der Waals surface area contributed by atoms with Gasteiger partial charge in [-0.3, -0.25) is 9.78 Å². The average molecular weight is 254 g/mol. The Hall–Kier alpha value is -1.56. The summed E-state index contributed by atoms with van der Waals surface area (Å²) < 4.78 is 0. The van der Waals surface area contributed by atoms with Gasteiger partial charge in [-0.1, -0.05) is 0 Å². The number of hydrogen-bond acceptors (Lipinski definition) is 4. The number of carbonyl (C=O) groups excluding carboxylic acids is 1. The summed E-state index contributed by atoms with van der Waals surface area (Å²) in [5.41, 5.74) is 0.990. The van der Waals surface area contributed by atoms with Gasteiger partial charge in [-0.2, -0.15) is 0 Å². The van der Waals surface area contributed by atoms with Crippen molar-refractivity contribution in [1.29, 1.82) is 0 Å². The molecular weight excluding hydrogens is 240 g/mol. The Balaban J connectivity index is 2.61. The number of nitrogens with zero attached hydrogens (tertiary/aromatic N) is 1. The third kappa shape index (κ3) is 4.44. The van der Waals surface area contributed by atoms with Gasteiger partial charge >= 0.3 is 5.97 Å². The first kappa shape index (κ1) is 13.5. The molecule has 6 heteroatoms. The van der Waals surface area contributed by atoms with Gasteiger partial charge in [0.25, 0.3) is 0 Å². The average Bonchev–Trinajstić information content (AvgIpc) is 2.25. The number of carbonyl (C=O) groups is 2. The van der Waals surface area contributed by atoms with E-state index in [1.54, 1.807) is 12.4 Å². The Kier molecular flexibility index (Phi) is 4.96. The molecular formula is C11H14N2O3S. The lowest BCUT2D eigenvalue weighted by Crippen LogP contribution is -2.41. The van der Waals surface area contributed by atoms with E-state index in [4.69, 9.17) is 5.11 Å². The van der Waals surface area contributed by atoms with Crippen molar-refractivity contribution >= 4 is 23.6 Å². The van der Waals surface area contributed by atoms with Crippen molar-refractivity contribution in [1.82, 2.24) is 10.3 Å². The topological polar surface area (TPSA) is 79.3 Å². The van der Waals surface area contributed by atoms with Crippen LogP contribution < -0.4 is 5.32 Å². The number of aromatic nitrogens is 1. The highest BCUT2D eigenvalue weighted by Gasteiger charge is 2.18. The summed E-state index contributed by atoms with van der Waals surface area (Å²) in [5, 5.41) is 11.3. The standard InChI is InChI=1S/C11H14N2O3S/c1-7-5-12-4-3-10(7)17-6-9(11(15)16)13-8(2)14/h3-5,9H,6H2,1-2H3,(H,13,14)(H,15,16). The number of carboxylic acid groups (broad SMARTS) is 1. The minimum Gasteiger partial charge on any atom is -0.480 e. The molecule has 2 N–H and O–H groups in total. The first-order valence-electron chi connectivity index (χ1n) is 5.04. The van der Waals surface area contributed by atoms with E-state index in [9.17, 15) is 9.59 Å². The van der Waals surface area contributed by atoms with Crippen LogP contribution in [-0.2, 0) is 9.59 Å². The largest absolute Gasteiger partial charge is 0.480 e. The van der Waals surface area contributed by atoms with E-state index in [1.807, 2.05) is 13.0 Å². The van der Waals surface area contributed by atoms with Gasteiger partial charge in [0, 0.05) is 30.0 Å². The Bertz CT molecular complexity index is 423. The van der Waals surface area contributed by atoms with E-state index >= 15 is 0 Å². The lowest BCUT2D eigenvalue weighted by Gasteiger charge is -2.13. The SMILES string of the molecule is CC(=O)NC(CSc1ccncc1C)C(=O)O. The van der Waals surface area contributed by atoms with Crippen molar-refractivity contribution in [2.45, 2.75) is 24.8 Å². The van der Waals surface area contributed by atoms with E-state index in [2.05, 4.69) is 10.3 Å². The number of aliphatic carboxylic acids is 1. The van der Waals surface area contributed by atoms with E-state index in [1.165, 1.54) is 18.7 Å². The molecule has 0 bridgehead atoms. The molecule has 0 aliphatic heterocycles. The van der Waals surface area contributed by atoms with Crippen LogP contribution in [0.5, 0.6) is 0 Å². The number of hydrogen-bond donors (Lipinski definition) is 2. The molecule has 1 atom stereocenters. The maximum Gasteiger partial charge on any atom is 0.327 e. The van der Waals surface area contributed by atoms with Gasteiger partial charge in [0.1, 0.15) is 6.04 Å². The summed E-state index contributed by atoms with van der Waals surface area (Å²) in [5.74, 6) is -1.08. The van der Waals surface area contributed by atoms with Crippen molar-refractivity contribution in [3.63, 3.8) is 0 Å². The van der Waals surface area contributed by atoms with Crippen LogP contribution in [0.3, 0.4) is 0 Å². The van der Waals surface area contributed by atoms with E-state index < -0.39 is 12.0 Å². The molecule has 1 aromatic heterocycles. The summed E-state index contributed by atoms with van der Waals surface area (Å²) >= 11 is 1.39. The monoisotopic (exact) mass is 254 g/mol. The molecule has 1 heterocycles. The predicted molar refractivity (Wildman–Crippen MR) is 64.9 cm³/mol. The van der Waals surface area contributed by atoms with Crippen LogP contribution in [0.15, 0.2) is 23.4 Å². The highest BCUT2D eigenvalue weighted by Crippen LogP contribution is 2.21. The molecule has 92 valence electrons. The minimum absolute atomic E-state index is 0.291. The quantitative estimate of drug-likeness (QED) is 0.768. The van der Waals surface area contributed by atoms with Gasteiger partial charge in [-0.25, -0.2) is 4.79 Å². The number of thioether (sulfide) groups is 1.